The van der Waals surface area contributed by atoms with Crippen LogP contribution < -0.4 is 0 Å². The normalized spacial score (nSPS) is 14.9. The lowest BCUT2D eigenvalue weighted by atomic mass is 9.97. The zero-order valence-electron chi connectivity index (χ0n) is 8.79. The van der Waals surface area contributed by atoms with E-state index in [1.165, 1.54) is 19.3 Å². The number of nitrogens with zero attached hydrogens (tertiary/aromatic N) is 1. The van der Waals surface area contributed by atoms with E-state index < -0.39 is 0 Å². The second kappa shape index (κ2) is 8.07. The first-order chi connectivity index (χ1) is 6.20. The first-order valence-corrected chi connectivity index (χ1v) is 5.28. The molecule has 0 fully saturated rings. The SMILES string of the molecule is CCCCCCC(C#N)CC(C)O. The number of aliphatic hydroxyl groups excluding tert-OH is 1. The summed E-state index contributed by atoms with van der Waals surface area (Å²) in [5.74, 6) is 0.0526. The number of nitriles is 1. The molecule has 0 aromatic heterocycles. The zero-order valence-corrected chi connectivity index (χ0v) is 8.79. The average molecular weight is 183 g/mol. The summed E-state index contributed by atoms with van der Waals surface area (Å²) in [6.07, 6.45) is 6.06. The molecule has 0 aliphatic carbocycles. The topological polar surface area (TPSA) is 44.0 Å². The van der Waals surface area contributed by atoms with Gasteiger partial charge in [-0.15, -0.1) is 0 Å². The lowest BCUT2D eigenvalue weighted by molar-refractivity contribution is 0.168. The molecule has 2 heteroatoms. The van der Waals surface area contributed by atoms with E-state index in [4.69, 9.17) is 10.4 Å². The highest BCUT2D eigenvalue weighted by Gasteiger charge is 2.09. The van der Waals surface area contributed by atoms with Gasteiger partial charge in [0.25, 0.3) is 0 Å². The molecule has 2 unspecified atom stereocenters. The highest BCUT2D eigenvalue weighted by atomic mass is 16.3. The fourth-order valence-electron chi connectivity index (χ4n) is 1.46. The largest absolute Gasteiger partial charge is 0.393 e. The van der Waals surface area contributed by atoms with E-state index in [0.29, 0.717) is 6.42 Å². The van der Waals surface area contributed by atoms with Gasteiger partial charge >= 0.3 is 0 Å². The van der Waals surface area contributed by atoms with Crippen molar-refractivity contribution in [2.75, 3.05) is 0 Å². The fourth-order valence-corrected chi connectivity index (χ4v) is 1.46. The molecule has 76 valence electrons. The summed E-state index contributed by atoms with van der Waals surface area (Å²) in [4.78, 5) is 0. The maximum absolute atomic E-state index is 9.11. The van der Waals surface area contributed by atoms with Crippen LogP contribution >= 0.6 is 0 Å². The lowest BCUT2D eigenvalue weighted by Gasteiger charge is -2.10. The van der Waals surface area contributed by atoms with Gasteiger partial charge < -0.3 is 5.11 Å². The Morgan fingerprint density at radius 3 is 2.46 bits per heavy atom. The molecule has 0 aliphatic heterocycles. The van der Waals surface area contributed by atoms with Gasteiger partial charge in [0.1, 0.15) is 0 Å². The summed E-state index contributed by atoms with van der Waals surface area (Å²) in [6, 6.07) is 2.25. The fraction of sp³-hybridized carbons (Fsp3) is 0.909. The highest BCUT2D eigenvalue weighted by molar-refractivity contribution is 4.83. The zero-order chi connectivity index (χ0) is 10.1. The Bertz CT molecular complexity index is 149. The Kier molecular flexibility index (Phi) is 7.73. The van der Waals surface area contributed by atoms with Gasteiger partial charge in [0.05, 0.1) is 12.2 Å². The number of hydrogen-bond acceptors (Lipinski definition) is 2. The summed E-state index contributed by atoms with van der Waals surface area (Å²) in [5.41, 5.74) is 0. The van der Waals surface area contributed by atoms with Crippen LogP contribution in [0.4, 0.5) is 0 Å². The van der Waals surface area contributed by atoms with E-state index in [-0.39, 0.29) is 12.0 Å². The maximum atomic E-state index is 9.11. The quantitative estimate of drug-likeness (QED) is 0.617. The first kappa shape index (κ1) is 12.4. The van der Waals surface area contributed by atoms with Crippen LogP contribution in [-0.4, -0.2) is 11.2 Å². The predicted molar refractivity (Wildman–Crippen MR) is 54.2 cm³/mol. The standard InChI is InChI=1S/C11H21NO/c1-3-4-5-6-7-11(9-12)8-10(2)13/h10-11,13H,3-8H2,1-2H3. The Hall–Kier alpha value is -0.550. The van der Waals surface area contributed by atoms with E-state index in [9.17, 15) is 0 Å². The van der Waals surface area contributed by atoms with Crippen LogP contribution in [0, 0.1) is 17.2 Å². The van der Waals surface area contributed by atoms with Crippen LogP contribution in [0.2, 0.25) is 0 Å². The van der Waals surface area contributed by atoms with E-state index in [0.717, 1.165) is 12.8 Å². The molecule has 1 N–H and O–H groups in total. The monoisotopic (exact) mass is 183 g/mol. The molecule has 0 heterocycles. The maximum Gasteiger partial charge on any atom is 0.0656 e. The van der Waals surface area contributed by atoms with Crippen molar-refractivity contribution >= 4 is 0 Å². The minimum atomic E-state index is -0.337. The van der Waals surface area contributed by atoms with Gasteiger partial charge in [0, 0.05) is 5.92 Å². The molecular weight excluding hydrogens is 162 g/mol. The van der Waals surface area contributed by atoms with Crippen molar-refractivity contribution in [2.45, 2.75) is 58.5 Å². The van der Waals surface area contributed by atoms with E-state index >= 15 is 0 Å². The first-order valence-electron chi connectivity index (χ1n) is 5.28. The third kappa shape index (κ3) is 7.80. The summed E-state index contributed by atoms with van der Waals surface area (Å²) in [5, 5.41) is 17.9. The summed E-state index contributed by atoms with van der Waals surface area (Å²) < 4.78 is 0. The van der Waals surface area contributed by atoms with Gasteiger partial charge in [0.15, 0.2) is 0 Å². The molecule has 13 heavy (non-hydrogen) atoms. The van der Waals surface area contributed by atoms with Crippen LogP contribution in [0.3, 0.4) is 0 Å². The average Bonchev–Trinajstić information content (AvgIpc) is 2.09. The number of aliphatic hydroxyl groups is 1. The number of hydrogen-bond donors (Lipinski definition) is 1. The van der Waals surface area contributed by atoms with Crippen molar-refractivity contribution < 1.29 is 5.11 Å². The number of unbranched alkanes of at least 4 members (excludes halogenated alkanes) is 3. The second-order valence-electron chi connectivity index (χ2n) is 3.76. The van der Waals surface area contributed by atoms with Crippen LogP contribution in [0.25, 0.3) is 0 Å². The number of rotatable bonds is 7. The van der Waals surface area contributed by atoms with Gasteiger partial charge in [-0.1, -0.05) is 32.6 Å². The Labute approximate surface area is 81.6 Å². The van der Waals surface area contributed by atoms with Crippen LogP contribution in [0.15, 0.2) is 0 Å². The lowest BCUT2D eigenvalue weighted by Crippen LogP contribution is -2.08. The molecule has 0 amide bonds. The summed E-state index contributed by atoms with van der Waals surface area (Å²) in [6.45, 7) is 3.92. The van der Waals surface area contributed by atoms with Gasteiger partial charge in [-0.2, -0.15) is 5.26 Å². The Morgan fingerprint density at radius 2 is 2.00 bits per heavy atom. The minimum Gasteiger partial charge on any atom is -0.393 e. The van der Waals surface area contributed by atoms with Crippen molar-refractivity contribution in [3.05, 3.63) is 0 Å². The van der Waals surface area contributed by atoms with Gasteiger partial charge in [-0.3, -0.25) is 0 Å². The van der Waals surface area contributed by atoms with Crippen molar-refractivity contribution in [1.82, 2.24) is 0 Å². The van der Waals surface area contributed by atoms with Crippen molar-refractivity contribution in [1.29, 1.82) is 5.26 Å². The summed E-state index contributed by atoms with van der Waals surface area (Å²) in [7, 11) is 0. The minimum absolute atomic E-state index is 0.0526. The molecule has 0 spiro atoms. The molecule has 0 aliphatic rings. The molecule has 0 radical (unpaired) electrons. The molecule has 0 rings (SSSR count). The third-order valence-electron chi connectivity index (χ3n) is 2.21. The smallest absolute Gasteiger partial charge is 0.0656 e. The molecule has 0 bridgehead atoms. The van der Waals surface area contributed by atoms with E-state index in [2.05, 4.69) is 13.0 Å². The van der Waals surface area contributed by atoms with Gasteiger partial charge in [0.2, 0.25) is 0 Å². The highest BCUT2D eigenvalue weighted by Crippen LogP contribution is 2.15. The van der Waals surface area contributed by atoms with Crippen molar-refractivity contribution in [3.8, 4) is 6.07 Å². The van der Waals surface area contributed by atoms with E-state index in [1.54, 1.807) is 6.92 Å². The molecule has 0 aromatic rings. The molecule has 0 saturated carbocycles. The van der Waals surface area contributed by atoms with Crippen LogP contribution in [0.1, 0.15) is 52.4 Å². The van der Waals surface area contributed by atoms with Crippen molar-refractivity contribution in [2.24, 2.45) is 5.92 Å². The molecule has 0 saturated heterocycles. The molecule has 0 aromatic carbocycles. The van der Waals surface area contributed by atoms with Gasteiger partial charge in [-0.05, 0) is 19.8 Å². The van der Waals surface area contributed by atoms with Crippen LogP contribution in [0.5, 0.6) is 0 Å². The van der Waals surface area contributed by atoms with E-state index in [1.807, 2.05) is 0 Å². The van der Waals surface area contributed by atoms with Gasteiger partial charge in [-0.25, -0.2) is 0 Å². The molecular formula is C11H21NO. The summed E-state index contributed by atoms with van der Waals surface area (Å²) >= 11 is 0. The van der Waals surface area contributed by atoms with Crippen molar-refractivity contribution in [3.63, 3.8) is 0 Å². The third-order valence-corrected chi connectivity index (χ3v) is 2.21. The Balaban J connectivity index is 3.44. The Morgan fingerprint density at radius 1 is 1.31 bits per heavy atom. The van der Waals surface area contributed by atoms with Crippen LogP contribution in [-0.2, 0) is 0 Å². The second-order valence-corrected chi connectivity index (χ2v) is 3.76. The predicted octanol–water partition coefficient (Wildman–Crippen LogP) is 2.87. The molecule has 2 atom stereocenters. The molecule has 2 nitrogen and oxygen atoms in total.